The Morgan fingerprint density at radius 1 is 1.19 bits per heavy atom. The van der Waals surface area contributed by atoms with Gasteiger partial charge in [-0.3, -0.25) is 4.79 Å². The summed E-state index contributed by atoms with van der Waals surface area (Å²) in [5, 5.41) is 11.4. The van der Waals surface area contributed by atoms with Crippen LogP contribution in [0.5, 0.6) is 0 Å². The Morgan fingerprint density at radius 3 is 2.52 bits per heavy atom. The highest BCUT2D eigenvalue weighted by Gasteiger charge is 2.12. The molecule has 2 aromatic carbocycles. The van der Waals surface area contributed by atoms with Gasteiger partial charge in [0.05, 0.1) is 10.6 Å². The van der Waals surface area contributed by atoms with Crippen molar-refractivity contribution in [1.29, 1.82) is 0 Å². The quantitative estimate of drug-likeness (QED) is 0.849. The molecule has 0 bridgehead atoms. The molecule has 2 rings (SSSR count). The van der Waals surface area contributed by atoms with E-state index in [4.69, 9.17) is 16.7 Å². The van der Waals surface area contributed by atoms with Crippen LogP contribution in [0.15, 0.2) is 40.9 Å². The summed E-state index contributed by atoms with van der Waals surface area (Å²) < 4.78 is 13.7. The first-order chi connectivity index (χ1) is 9.88. The van der Waals surface area contributed by atoms with Crippen molar-refractivity contribution < 1.29 is 19.1 Å². The third-order valence-corrected chi connectivity index (χ3v) is 3.63. The number of rotatable bonds is 3. The van der Waals surface area contributed by atoms with Crippen LogP contribution in [0.25, 0.3) is 0 Å². The zero-order chi connectivity index (χ0) is 15.6. The van der Waals surface area contributed by atoms with Crippen LogP contribution in [-0.4, -0.2) is 17.0 Å². The van der Waals surface area contributed by atoms with E-state index in [1.165, 1.54) is 30.3 Å². The summed E-state index contributed by atoms with van der Waals surface area (Å²) >= 11 is 8.64. The molecule has 0 spiro atoms. The topological polar surface area (TPSA) is 66.4 Å². The third kappa shape index (κ3) is 3.59. The largest absolute Gasteiger partial charge is 0.478 e. The number of amides is 1. The Bertz CT molecular complexity index is 736. The van der Waals surface area contributed by atoms with Crippen LogP contribution in [0.2, 0.25) is 5.02 Å². The van der Waals surface area contributed by atoms with Crippen LogP contribution >= 0.6 is 27.5 Å². The van der Waals surface area contributed by atoms with E-state index >= 15 is 0 Å². The standard InChI is InChI=1S/C14H8BrClFNO3/c15-10-3-2-8(6-9(10)14(20)21)18-13(19)7-1-4-11(16)12(17)5-7/h1-6H,(H,18,19)(H,20,21). The normalized spacial score (nSPS) is 10.2. The number of carboxylic acids is 1. The average Bonchev–Trinajstić information content (AvgIpc) is 2.43. The number of hydrogen-bond donors (Lipinski definition) is 2. The van der Waals surface area contributed by atoms with Gasteiger partial charge in [-0.2, -0.15) is 0 Å². The highest BCUT2D eigenvalue weighted by molar-refractivity contribution is 9.10. The fourth-order valence-electron chi connectivity index (χ4n) is 1.61. The zero-order valence-electron chi connectivity index (χ0n) is 10.4. The van der Waals surface area contributed by atoms with Crippen LogP contribution in [0.3, 0.4) is 0 Å². The lowest BCUT2D eigenvalue weighted by molar-refractivity contribution is 0.0695. The van der Waals surface area contributed by atoms with E-state index in [9.17, 15) is 14.0 Å². The second kappa shape index (κ2) is 6.24. The third-order valence-electron chi connectivity index (χ3n) is 2.64. The van der Waals surface area contributed by atoms with Crippen molar-refractivity contribution >= 4 is 45.1 Å². The molecule has 0 aliphatic heterocycles. The van der Waals surface area contributed by atoms with Gasteiger partial charge >= 0.3 is 5.97 Å². The van der Waals surface area contributed by atoms with Gasteiger partial charge in [0.15, 0.2) is 0 Å². The second-order valence-electron chi connectivity index (χ2n) is 4.08. The van der Waals surface area contributed by atoms with Crippen LogP contribution in [-0.2, 0) is 0 Å². The second-order valence-corrected chi connectivity index (χ2v) is 5.34. The zero-order valence-corrected chi connectivity index (χ0v) is 12.7. The number of nitrogens with one attached hydrogen (secondary N) is 1. The molecule has 0 saturated heterocycles. The number of carbonyl (C=O) groups excluding carboxylic acids is 1. The summed E-state index contributed by atoms with van der Waals surface area (Å²) in [5.41, 5.74) is 0.378. The Kier molecular flexibility index (Phi) is 4.59. The molecule has 0 unspecified atom stereocenters. The maximum absolute atomic E-state index is 13.3. The smallest absolute Gasteiger partial charge is 0.336 e. The van der Waals surface area contributed by atoms with E-state index in [2.05, 4.69) is 21.2 Å². The van der Waals surface area contributed by atoms with Gasteiger partial charge in [-0.15, -0.1) is 0 Å². The van der Waals surface area contributed by atoms with Gasteiger partial charge < -0.3 is 10.4 Å². The van der Waals surface area contributed by atoms with E-state index in [1.54, 1.807) is 0 Å². The molecular formula is C14H8BrClFNO3. The molecular weight excluding hydrogens is 365 g/mol. The van der Waals surface area contributed by atoms with E-state index < -0.39 is 17.7 Å². The monoisotopic (exact) mass is 371 g/mol. The summed E-state index contributed by atoms with van der Waals surface area (Å²) in [6.45, 7) is 0. The van der Waals surface area contributed by atoms with E-state index in [0.29, 0.717) is 4.47 Å². The molecule has 2 aromatic rings. The van der Waals surface area contributed by atoms with Crippen molar-refractivity contribution in [1.82, 2.24) is 0 Å². The number of hydrogen-bond acceptors (Lipinski definition) is 2. The molecule has 0 radical (unpaired) electrons. The lowest BCUT2D eigenvalue weighted by Gasteiger charge is -2.07. The molecule has 0 heterocycles. The average molecular weight is 373 g/mol. The van der Waals surface area contributed by atoms with Gasteiger partial charge in [0, 0.05) is 15.7 Å². The molecule has 0 aromatic heterocycles. The Balaban J connectivity index is 2.25. The van der Waals surface area contributed by atoms with Gasteiger partial charge in [-0.25, -0.2) is 9.18 Å². The first-order valence-corrected chi connectivity index (χ1v) is 6.85. The number of halogens is 3. The first kappa shape index (κ1) is 15.5. The fourth-order valence-corrected chi connectivity index (χ4v) is 2.14. The SMILES string of the molecule is O=C(Nc1ccc(Br)c(C(=O)O)c1)c1ccc(Cl)c(F)c1. The summed E-state index contributed by atoms with van der Waals surface area (Å²) in [5.74, 6) is -2.40. The first-order valence-electron chi connectivity index (χ1n) is 5.67. The van der Waals surface area contributed by atoms with Crippen LogP contribution in [0.1, 0.15) is 20.7 Å². The number of carboxylic acid groups (broad SMARTS) is 1. The van der Waals surface area contributed by atoms with Crippen LogP contribution in [0, 0.1) is 5.82 Å². The highest BCUT2D eigenvalue weighted by atomic mass is 79.9. The summed E-state index contributed by atoms with van der Waals surface area (Å²) in [4.78, 5) is 23.0. The van der Waals surface area contributed by atoms with Gasteiger partial charge in [0.25, 0.3) is 5.91 Å². The van der Waals surface area contributed by atoms with Crippen molar-refractivity contribution in [3.63, 3.8) is 0 Å². The Hall–Kier alpha value is -1.92. The molecule has 4 nitrogen and oxygen atoms in total. The number of benzene rings is 2. The minimum Gasteiger partial charge on any atom is -0.478 e. The van der Waals surface area contributed by atoms with Crippen LogP contribution < -0.4 is 5.32 Å². The minimum atomic E-state index is -1.13. The molecule has 0 aliphatic rings. The number of anilines is 1. The molecule has 0 fully saturated rings. The molecule has 0 atom stereocenters. The molecule has 21 heavy (non-hydrogen) atoms. The maximum Gasteiger partial charge on any atom is 0.336 e. The van der Waals surface area contributed by atoms with E-state index in [-0.39, 0.29) is 21.8 Å². The van der Waals surface area contributed by atoms with E-state index in [1.807, 2.05) is 0 Å². The molecule has 7 heteroatoms. The number of carbonyl (C=O) groups is 2. The Labute approximate surface area is 132 Å². The van der Waals surface area contributed by atoms with Gasteiger partial charge in [-0.05, 0) is 52.3 Å². The van der Waals surface area contributed by atoms with Crippen LogP contribution in [0.4, 0.5) is 10.1 Å². The van der Waals surface area contributed by atoms with Crippen molar-refractivity contribution in [2.45, 2.75) is 0 Å². The van der Waals surface area contributed by atoms with Crippen molar-refractivity contribution in [3.8, 4) is 0 Å². The van der Waals surface area contributed by atoms with Gasteiger partial charge in [0.1, 0.15) is 5.82 Å². The fraction of sp³-hybridized carbons (Fsp3) is 0. The molecule has 0 aliphatic carbocycles. The van der Waals surface area contributed by atoms with Crippen molar-refractivity contribution in [2.75, 3.05) is 5.32 Å². The lowest BCUT2D eigenvalue weighted by Crippen LogP contribution is -2.12. The van der Waals surface area contributed by atoms with E-state index in [0.717, 1.165) is 6.07 Å². The highest BCUT2D eigenvalue weighted by Crippen LogP contribution is 2.22. The summed E-state index contributed by atoms with van der Waals surface area (Å²) in [6, 6.07) is 7.99. The summed E-state index contributed by atoms with van der Waals surface area (Å²) in [6.07, 6.45) is 0. The van der Waals surface area contributed by atoms with Gasteiger partial charge in [-0.1, -0.05) is 11.6 Å². The van der Waals surface area contributed by atoms with Crippen molar-refractivity contribution in [3.05, 3.63) is 62.8 Å². The molecule has 2 N–H and O–H groups in total. The molecule has 108 valence electrons. The summed E-state index contributed by atoms with van der Waals surface area (Å²) in [7, 11) is 0. The maximum atomic E-state index is 13.3. The minimum absolute atomic E-state index is 0.00934. The number of aromatic carboxylic acids is 1. The predicted molar refractivity (Wildman–Crippen MR) is 80.5 cm³/mol. The Morgan fingerprint density at radius 2 is 1.90 bits per heavy atom. The predicted octanol–water partition coefficient (Wildman–Crippen LogP) is 4.19. The van der Waals surface area contributed by atoms with Gasteiger partial charge in [0.2, 0.25) is 0 Å². The van der Waals surface area contributed by atoms with Crippen molar-refractivity contribution in [2.24, 2.45) is 0 Å². The molecule has 1 amide bonds. The molecule has 0 saturated carbocycles. The lowest BCUT2D eigenvalue weighted by atomic mass is 10.1.